The van der Waals surface area contributed by atoms with E-state index in [2.05, 4.69) is 5.32 Å². The fourth-order valence-corrected chi connectivity index (χ4v) is 4.53. The van der Waals surface area contributed by atoms with Crippen LogP contribution < -0.4 is 5.32 Å². The summed E-state index contributed by atoms with van der Waals surface area (Å²) in [7, 11) is -2.94. The maximum atomic E-state index is 11.6. The van der Waals surface area contributed by atoms with E-state index in [4.69, 9.17) is 5.11 Å². The minimum atomic E-state index is -2.94. The molecular weight excluding hydrogens is 242 g/mol. The largest absolute Gasteiger partial charge is 0.481 e. The first-order chi connectivity index (χ1) is 7.99. The van der Waals surface area contributed by atoms with Gasteiger partial charge in [-0.3, -0.25) is 4.79 Å². The molecule has 1 saturated carbocycles. The first kappa shape index (κ1) is 12.8. The molecule has 17 heavy (non-hydrogen) atoms. The van der Waals surface area contributed by atoms with Crippen LogP contribution in [0.5, 0.6) is 0 Å². The molecule has 0 aromatic heterocycles. The molecule has 1 aliphatic heterocycles. The summed E-state index contributed by atoms with van der Waals surface area (Å²) in [5, 5.41) is 11.6. The Morgan fingerprint density at radius 3 is 2.59 bits per heavy atom. The number of sulfone groups is 1. The maximum Gasteiger partial charge on any atom is 0.306 e. The number of nitrogens with one attached hydrogen (secondary N) is 1. The minimum absolute atomic E-state index is 0.234. The standard InChI is InChI=1S/C11H19NO4S/c13-11(14)9-4-3-8(6-9)7-12-10-2-1-5-17(10,15)16/h8-10,12H,1-7H2,(H,13,14). The van der Waals surface area contributed by atoms with Crippen LogP contribution in [-0.4, -0.2) is 37.2 Å². The van der Waals surface area contributed by atoms with Gasteiger partial charge in [-0.15, -0.1) is 0 Å². The highest BCUT2D eigenvalue weighted by atomic mass is 32.2. The predicted octanol–water partition coefficient (Wildman–Crippen LogP) is 0.612. The van der Waals surface area contributed by atoms with Gasteiger partial charge in [0.05, 0.1) is 11.7 Å². The van der Waals surface area contributed by atoms with Gasteiger partial charge in [0, 0.05) is 0 Å². The van der Waals surface area contributed by atoms with E-state index in [1.807, 2.05) is 0 Å². The van der Waals surface area contributed by atoms with Gasteiger partial charge in [-0.25, -0.2) is 8.42 Å². The van der Waals surface area contributed by atoms with E-state index in [1.165, 1.54) is 0 Å². The monoisotopic (exact) mass is 261 g/mol. The van der Waals surface area contributed by atoms with Crippen LogP contribution in [0.25, 0.3) is 0 Å². The van der Waals surface area contributed by atoms with Crippen molar-refractivity contribution in [2.75, 3.05) is 12.3 Å². The number of hydrogen-bond acceptors (Lipinski definition) is 4. The van der Waals surface area contributed by atoms with Crippen molar-refractivity contribution in [2.24, 2.45) is 11.8 Å². The third-order valence-electron chi connectivity index (χ3n) is 3.85. The lowest BCUT2D eigenvalue weighted by atomic mass is 10.1. The second kappa shape index (κ2) is 4.94. The molecule has 0 radical (unpaired) electrons. The van der Waals surface area contributed by atoms with Crippen LogP contribution in [0.1, 0.15) is 32.1 Å². The zero-order chi connectivity index (χ0) is 12.5. The molecule has 2 rings (SSSR count). The first-order valence-electron chi connectivity index (χ1n) is 6.17. The highest BCUT2D eigenvalue weighted by Gasteiger charge is 2.33. The Morgan fingerprint density at radius 2 is 2.06 bits per heavy atom. The predicted molar refractivity (Wildman–Crippen MR) is 63.3 cm³/mol. The number of carbonyl (C=O) groups is 1. The average Bonchev–Trinajstić information content (AvgIpc) is 2.81. The second-order valence-electron chi connectivity index (χ2n) is 5.12. The van der Waals surface area contributed by atoms with Gasteiger partial charge in [0.25, 0.3) is 0 Å². The molecule has 5 nitrogen and oxygen atoms in total. The van der Waals surface area contributed by atoms with Crippen molar-refractivity contribution in [1.29, 1.82) is 0 Å². The van der Waals surface area contributed by atoms with Crippen molar-refractivity contribution in [3.05, 3.63) is 0 Å². The van der Waals surface area contributed by atoms with E-state index in [9.17, 15) is 13.2 Å². The zero-order valence-corrected chi connectivity index (χ0v) is 10.6. The molecule has 6 heteroatoms. The summed E-state index contributed by atoms with van der Waals surface area (Å²) in [6.07, 6.45) is 3.71. The van der Waals surface area contributed by atoms with Gasteiger partial charge < -0.3 is 10.4 Å². The molecule has 98 valence electrons. The maximum absolute atomic E-state index is 11.6. The van der Waals surface area contributed by atoms with Crippen LogP contribution in [0.4, 0.5) is 0 Å². The Balaban J connectivity index is 1.78. The molecule has 0 aromatic carbocycles. The fraction of sp³-hybridized carbons (Fsp3) is 0.909. The zero-order valence-electron chi connectivity index (χ0n) is 9.76. The molecule has 3 atom stereocenters. The Hall–Kier alpha value is -0.620. The van der Waals surface area contributed by atoms with Crippen molar-refractivity contribution in [3.63, 3.8) is 0 Å². The van der Waals surface area contributed by atoms with Crippen LogP contribution in [-0.2, 0) is 14.6 Å². The summed E-state index contributed by atoms with van der Waals surface area (Å²) >= 11 is 0. The van der Waals surface area contributed by atoms with Crippen molar-refractivity contribution in [3.8, 4) is 0 Å². The van der Waals surface area contributed by atoms with Crippen LogP contribution >= 0.6 is 0 Å². The van der Waals surface area contributed by atoms with Crippen LogP contribution in [0.2, 0.25) is 0 Å². The second-order valence-corrected chi connectivity index (χ2v) is 7.42. The van der Waals surface area contributed by atoms with Gasteiger partial charge in [-0.1, -0.05) is 0 Å². The Morgan fingerprint density at radius 1 is 1.29 bits per heavy atom. The molecule has 0 amide bonds. The van der Waals surface area contributed by atoms with Crippen LogP contribution in [0.15, 0.2) is 0 Å². The molecule has 1 saturated heterocycles. The van der Waals surface area contributed by atoms with Crippen LogP contribution in [0.3, 0.4) is 0 Å². The van der Waals surface area contributed by atoms with Crippen LogP contribution in [0, 0.1) is 11.8 Å². The number of carboxylic acid groups (broad SMARTS) is 1. The Bertz CT molecular complexity index is 392. The highest BCUT2D eigenvalue weighted by Crippen LogP contribution is 2.31. The molecule has 0 bridgehead atoms. The Labute approximate surface area is 102 Å². The highest BCUT2D eigenvalue weighted by molar-refractivity contribution is 7.92. The topological polar surface area (TPSA) is 83.5 Å². The van der Waals surface area contributed by atoms with E-state index in [0.717, 1.165) is 19.3 Å². The number of carboxylic acids is 1. The van der Waals surface area contributed by atoms with Gasteiger partial charge in [0.1, 0.15) is 5.37 Å². The number of rotatable bonds is 4. The summed E-state index contributed by atoms with van der Waals surface area (Å²) < 4.78 is 23.2. The minimum Gasteiger partial charge on any atom is -0.481 e. The lowest BCUT2D eigenvalue weighted by Gasteiger charge is -2.15. The van der Waals surface area contributed by atoms with Gasteiger partial charge in [0.2, 0.25) is 0 Å². The third kappa shape index (κ3) is 2.98. The molecule has 0 spiro atoms. The fourth-order valence-electron chi connectivity index (χ4n) is 2.80. The lowest BCUT2D eigenvalue weighted by molar-refractivity contribution is -0.141. The Kier molecular flexibility index (Phi) is 3.73. The van der Waals surface area contributed by atoms with Crippen molar-refractivity contribution < 1.29 is 18.3 Å². The molecule has 2 N–H and O–H groups in total. The average molecular weight is 261 g/mol. The van der Waals surface area contributed by atoms with Crippen molar-refractivity contribution in [1.82, 2.24) is 5.32 Å². The lowest BCUT2D eigenvalue weighted by Crippen LogP contribution is -2.36. The summed E-state index contributed by atoms with van der Waals surface area (Å²) in [4.78, 5) is 10.8. The van der Waals surface area contributed by atoms with E-state index < -0.39 is 21.2 Å². The summed E-state index contributed by atoms with van der Waals surface area (Å²) in [6.45, 7) is 0.633. The molecule has 3 unspecified atom stereocenters. The quantitative estimate of drug-likeness (QED) is 0.774. The van der Waals surface area contributed by atoms with Gasteiger partial charge in [0.15, 0.2) is 9.84 Å². The smallest absolute Gasteiger partial charge is 0.306 e. The number of hydrogen-bond donors (Lipinski definition) is 2. The molecule has 0 aromatic rings. The first-order valence-corrected chi connectivity index (χ1v) is 7.88. The normalized spacial score (nSPS) is 36.1. The third-order valence-corrected chi connectivity index (χ3v) is 5.98. The summed E-state index contributed by atoms with van der Waals surface area (Å²) in [5.74, 6) is -0.359. The molecule has 1 aliphatic carbocycles. The van der Waals surface area contributed by atoms with Gasteiger partial charge >= 0.3 is 5.97 Å². The van der Waals surface area contributed by atoms with Crippen molar-refractivity contribution >= 4 is 15.8 Å². The van der Waals surface area contributed by atoms with Gasteiger partial charge in [-0.05, 0) is 44.6 Å². The van der Waals surface area contributed by atoms with E-state index in [-0.39, 0.29) is 11.7 Å². The van der Waals surface area contributed by atoms with Crippen molar-refractivity contribution in [2.45, 2.75) is 37.5 Å². The summed E-state index contributed by atoms with van der Waals surface area (Å²) in [5.41, 5.74) is 0. The number of aliphatic carboxylic acids is 1. The van der Waals surface area contributed by atoms with E-state index in [1.54, 1.807) is 0 Å². The molecule has 1 heterocycles. The van der Waals surface area contributed by atoms with E-state index in [0.29, 0.717) is 25.3 Å². The molecule has 2 aliphatic rings. The summed E-state index contributed by atoms with van der Waals surface area (Å²) in [6, 6.07) is 0. The SMILES string of the molecule is O=C(O)C1CCC(CNC2CCCS2(=O)=O)C1. The van der Waals surface area contributed by atoms with Gasteiger partial charge in [-0.2, -0.15) is 0 Å². The molecular formula is C11H19NO4S. The molecule has 2 fully saturated rings. The van der Waals surface area contributed by atoms with E-state index >= 15 is 0 Å².